The highest BCUT2D eigenvalue weighted by atomic mass is 19.4. The molecule has 1 fully saturated rings. The van der Waals surface area contributed by atoms with Gasteiger partial charge < -0.3 is 20.3 Å². The van der Waals surface area contributed by atoms with Crippen LogP contribution in [0.5, 0.6) is 0 Å². The SMILES string of the molecule is FC(F)(F)CO[C@@H]1CNC[C@@H]1Nc1cncc(C2CN=C3C=CC=CN32)n1. The van der Waals surface area contributed by atoms with E-state index < -0.39 is 18.9 Å². The van der Waals surface area contributed by atoms with Crippen LogP contribution in [0.4, 0.5) is 19.0 Å². The van der Waals surface area contributed by atoms with Crippen molar-refractivity contribution in [2.75, 3.05) is 31.6 Å². The molecule has 4 rings (SSSR count). The van der Waals surface area contributed by atoms with Crippen LogP contribution in [0.25, 0.3) is 0 Å². The summed E-state index contributed by atoms with van der Waals surface area (Å²) in [7, 11) is 0. The van der Waals surface area contributed by atoms with E-state index in [1.165, 1.54) is 0 Å². The van der Waals surface area contributed by atoms with E-state index in [2.05, 4.69) is 25.6 Å². The third-order valence-corrected chi connectivity index (χ3v) is 4.58. The van der Waals surface area contributed by atoms with Crippen LogP contribution < -0.4 is 10.6 Å². The minimum absolute atomic E-state index is 0.0468. The lowest BCUT2D eigenvalue weighted by atomic mass is 10.2. The molecule has 1 aromatic heterocycles. The van der Waals surface area contributed by atoms with E-state index in [1.54, 1.807) is 12.4 Å². The van der Waals surface area contributed by atoms with Crippen LogP contribution in [-0.4, -0.2) is 65.3 Å². The first-order valence-corrected chi connectivity index (χ1v) is 8.65. The minimum atomic E-state index is -4.34. The number of hydrogen-bond acceptors (Lipinski definition) is 7. The molecule has 0 spiro atoms. The maximum Gasteiger partial charge on any atom is 0.411 e. The molecule has 10 heteroatoms. The molecule has 0 bridgehead atoms. The van der Waals surface area contributed by atoms with Crippen molar-refractivity contribution in [1.29, 1.82) is 0 Å². The average Bonchev–Trinajstić information content (AvgIpc) is 3.26. The number of nitrogens with one attached hydrogen (secondary N) is 2. The maximum atomic E-state index is 12.4. The van der Waals surface area contributed by atoms with Gasteiger partial charge in [0, 0.05) is 19.3 Å². The molecule has 7 nitrogen and oxygen atoms in total. The Kier molecular flexibility index (Phi) is 4.83. The van der Waals surface area contributed by atoms with E-state index in [0.29, 0.717) is 25.5 Å². The zero-order valence-corrected chi connectivity index (χ0v) is 14.4. The molecule has 2 N–H and O–H groups in total. The molecule has 1 unspecified atom stereocenters. The molecule has 1 aromatic rings. The molecular formula is C17H19F3N6O. The maximum absolute atomic E-state index is 12.4. The second-order valence-electron chi connectivity index (χ2n) is 6.53. The lowest BCUT2D eigenvalue weighted by molar-refractivity contribution is -0.183. The summed E-state index contributed by atoms with van der Waals surface area (Å²) in [5.74, 6) is 1.38. The fourth-order valence-corrected chi connectivity index (χ4v) is 3.32. The van der Waals surface area contributed by atoms with E-state index in [-0.39, 0.29) is 12.1 Å². The van der Waals surface area contributed by atoms with Crippen LogP contribution in [0, 0.1) is 0 Å². The van der Waals surface area contributed by atoms with Crippen molar-refractivity contribution in [1.82, 2.24) is 20.2 Å². The lowest BCUT2D eigenvalue weighted by Crippen LogP contribution is -2.37. The van der Waals surface area contributed by atoms with Crippen molar-refractivity contribution in [3.05, 3.63) is 42.5 Å². The number of alkyl halides is 3. The Morgan fingerprint density at radius 3 is 3.00 bits per heavy atom. The first kappa shape index (κ1) is 17.9. The number of aromatic nitrogens is 2. The van der Waals surface area contributed by atoms with Gasteiger partial charge in [0.25, 0.3) is 0 Å². The van der Waals surface area contributed by atoms with E-state index in [0.717, 1.165) is 11.5 Å². The van der Waals surface area contributed by atoms with Gasteiger partial charge in [0.2, 0.25) is 0 Å². The van der Waals surface area contributed by atoms with Crippen molar-refractivity contribution in [2.45, 2.75) is 24.4 Å². The summed E-state index contributed by atoms with van der Waals surface area (Å²) in [5, 5.41) is 6.19. The Labute approximate surface area is 154 Å². The van der Waals surface area contributed by atoms with Crippen LogP contribution in [0.3, 0.4) is 0 Å². The van der Waals surface area contributed by atoms with Crippen LogP contribution in [0.15, 0.2) is 41.8 Å². The molecule has 144 valence electrons. The van der Waals surface area contributed by atoms with Gasteiger partial charge in [0.15, 0.2) is 0 Å². The van der Waals surface area contributed by atoms with Gasteiger partial charge in [-0.25, -0.2) is 4.98 Å². The zero-order valence-electron chi connectivity index (χ0n) is 14.4. The summed E-state index contributed by atoms with van der Waals surface area (Å²) in [6, 6.07) is -0.362. The molecular weight excluding hydrogens is 361 g/mol. The Morgan fingerprint density at radius 1 is 1.26 bits per heavy atom. The Morgan fingerprint density at radius 2 is 2.15 bits per heavy atom. The Balaban J connectivity index is 1.42. The van der Waals surface area contributed by atoms with Gasteiger partial charge in [-0.3, -0.25) is 9.98 Å². The predicted molar refractivity (Wildman–Crippen MR) is 93.3 cm³/mol. The van der Waals surface area contributed by atoms with Crippen LogP contribution >= 0.6 is 0 Å². The number of halogens is 3. The molecule has 0 aliphatic carbocycles. The summed E-state index contributed by atoms with van der Waals surface area (Å²) < 4.78 is 42.2. The number of ether oxygens (including phenoxy) is 1. The molecule has 3 aliphatic rings. The molecule has 0 amide bonds. The number of aliphatic imine (C=N–C) groups is 1. The van der Waals surface area contributed by atoms with Gasteiger partial charge in [-0.05, 0) is 12.2 Å². The number of hydrogen-bond donors (Lipinski definition) is 2. The topological polar surface area (TPSA) is 74.7 Å². The first-order valence-electron chi connectivity index (χ1n) is 8.65. The molecule has 3 aliphatic heterocycles. The summed E-state index contributed by atoms with van der Waals surface area (Å²) >= 11 is 0. The van der Waals surface area contributed by atoms with Crippen LogP contribution in [0.2, 0.25) is 0 Å². The highest BCUT2D eigenvalue weighted by Gasteiger charge is 2.34. The van der Waals surface area contributed by atoms with Gasteiger partial charge in [-0.15, -0.1) is 0 Å². The molecule has 0 aromatic carbocycles. The van der Waals surface area contributed by atoms with Crippen molar-refractivity contribution < 1.29 is 17.9 Å². The Hall–Kier alpha value is -2.46. The summed E-state index contributed by atoms with van der Waals surface area (Å²) in [6.07, 6.45) is 6.05. The number of anilines is 1. The third-order valence-electron chi connectivity index (χ3n) is 4.58. The van der Waals surface area contributed by atoms with E-state index in [9.17, 15) is 13.2 Å². The van der Waals surface area contributed by atoms with Gasteiger partial charge in [-0.2, -0.15) is 13.2 Å². The second kappa shape index (κ2) is 7.28. The fraction of sp³-hybridized carbons (Fsp3) is 0.471. The van der Waals surface area contributed by atoms with Crippen molar-refractivity contribution in [3.8, 4) is 0 Å². The highest BCUT2D eigenvalue weighted by Crippen LogP contribution is 2.28. The van der Waals surface area contributed by atoms with Gasteiger partial charge in [0.05, 0.1) is 42.8 Å². The zero-order chi connectivity index (χ0) is 18.9. The summed E-state index contributed by atoms with van der Waals surface area (Å²) in [5.41, 5.74) is 0.748. The monoisotopic (exact) mass is 380 g/mol. The molecule has 1 saturated heterocycles. The van der Waals surface area contributed by atoms with Crippen LogP contribution in [-0.2, 0) is 4.74 Å². The van der Waals surface area contributed by atoms with Crippen molar-refractivity contribution >= 4 is 11.7 Å². The van der Waals surface area contributed by atoms with Gasteiger partial charge >= 0.3 is 6.18 Å². The smallest absolute Gasteiger partial charge is 0.365 e. The molecule has 4 heterocycles. The predicted octanol–water partition coefficient (Wildman–Crippen LogP) is 1.65. The molecule has 0 saturated carbocycles. The largest absolute Gasteiger partial charge is 0.411 e. The van der Waals surface area contributed by atoms with Crippen LogP contribution in [0.1, 0.15) is 11.7 Å². The number of allylic oxidation sites excluding steroid dienone is 2. The molecule has 27 heavy (non-hydrogen) atoms. The second-order valence-corrected chi connectivity index (χ2v) is 6.53. The summed E-state index contributed by atoms with van der Waals surface area (Å²) in [6.45, 7) is 0.154. The molecule has 3 atom stereocenters. The number of amidine groups is 1. The van der Waals surface area contributed by atoms with E-state index >= 15 is 0 Å². The Bertz CT molecular complexity index is 778. The van der Waals surface area contributed by atoms with E-state index in [4.69, 9.17) is 4.74 Å². The third kappa shape index (κ3) is 4.11. The normalized spacial score (nSPS) is 27.0. The van der Waals surface area contributed by atoms with Gasteiger partial charge in [-0.1, -0.05) is 6.08 Å². The quantitative estimate of drug-likeness (QED) is 0.809. The van der Waals surface area contributed by atoms with E-state index in [1.807, 2.05) is 29.3 Å². The minimum Gasteiger partial charge on any atom is -0.365 e. The van der Waals surface area contributed by atoms with Crippen molar-refractivity contribution in [2.24, 2.45) is 4.99 Å². The number of rotatable bonds is 5. The highest BCUT2D eigenvalue weighted by molar-refractivity contribution is 5.96. The summed E-state index contributed by atoms with van der Waals surface area (Å²) in [4.78, 5) is 15.3. The number of nitrogens with zero attached hydrogens (tertiary/aromatic N) is 4. The molecule has 0 radical (unpaired) electrons. The number of fused-ring (bicyclic) bond motifs is 1. The first-order chi connectivity index (χ1) is 13.0. The lowest BCUT2D eigenvalue weighted by Gasteiger charge is -2.25. The standard InChI is InChI=1S/C17H19F3N6O/c18-17(19,20)10-27-14-8-21-6-12(14)25-15-9-22-5-11(24-15)13-7-23-16-3-1-2-4-26(13)16/h1-5,9,12-14,21H,6-8,10H2,(H,24,25)/t12-,13?,14+/m0/s1. The van der Waals surface area contributed by atoms with Crippen molar-refractivity contribution in [3.63, 3.8) is 0 Å². The average molecular weight is 380 g/mol. The fourth-order valence-electron chi connectivity index (χ4n) is 3.32. The van der Waals surface area contributed by atoms with Gasteiger partial charge in [0.1, 0.15) is 18.3 Å².